The normalized spacial score (nSPS) is 11.3. The summed E-state index contributed by atoms with van der Waals surface area (Å²) in [5.41, 5.74) is 4.57. The Labute approximate surface area is 408 Å². The molecule has 0 radical (unpaired) electrons. The van der Waals surface area contributed by atoms with Gasteiger partial charge in [0.2, 0.25) is 0 Å². The van der Waals surface area contributed by atoms with Gasteiger partial charge in [0.15, 0.2) is 0 Å². The molecule has 0 saturated heterocycles. The summed E-state index contributed by atoms with van der Waals surface area (Å²) in [6, 6.07) is 41.0. The molecule has 0 fully saturated rings. The van der Waals surface area contributed by atoms with Gasteiger partial charge in [-0.15, -0.1) is 0 Å². The average molecular weight is 931 g/mol. The molecule has 0 spiro atoms. The van der Waals surface area contributed by atoms with Gasteiger partial charge in [-0.1, -0.05) is 133 Å². The second-order valence-corrected chi connectivity index (χ2v) is 17.6. The molecule has 0 N–H and O–H groups in total. The van der Waals surface area contributed by atoms with Crippen LogP contribution < -0.4 is 23.7 Å². The van der Waals surface area contributed by atoms with Crippen LogP contribution in [0.1, 0.15) is 164 Å². The fourth-order valence-corrected chi connectivity index (χ4v) is 7.88. The fraction of sp³-hybridized carbons (Fsp3) is 0.333. The van der Waals surface area contributed by atoms with Crippen LogP contribution in [0.3, 0.4) is 0 Å². The quantitative estimate of drug-likeness (QED) is 0.0283. The molecule has 0 aromatic heterocycles. The number of hydrogen-bond donors (Lipinski definition) is 0. The van der Waals surface area contributed by atoms with Crippen molar-refractivity contribution < 1.29 is 42.9 Å². The van der Waals surface area contributed by atoms with Crippen molar-refractivity contribution in [2.75, 3.05) is 0 Å². The van der Waals surface area contributed by atoms with Crippen LogP contribution in [0.15, 0.2) is 146 Å². The van der Waals surface area contributed by atoms with Crippen molar-refractivity contribution in [1.82, 2.24) is 0 Å². The van der Waals surface area contributed by atoms with Gasteiger partial charge < -0.3 is 23.7 Å². The lowest BCUT2D eigenvalue weighted by Gasteiger charge is -2.14. The number of rotatable bonds is 27. The number of esters is 4. The van der Waals surface area contributed by atoms with E-state index in [1.807, 2.05) is 19.1 Å². The van der Waals surface area contributed by atoms with Crippen molar-refractivity contribution in [3.63, 3.8) is 0 Å². The van der Waals surface area contributed by atoms with Crippen LogP contribution in [-0.4, -0.2) is 30.0 Å². The van der Waals surface area contributed by atoms with Crippen LogP contribution in [0.25, 0.3) is 11.1 Å². The Balaban J connectivity index is 0.907. The molecule has 0 bridgehead atoms. The molecule has 6 rings (SSSR count). The summed E-state index contributed by atoms with van der Waals surface area (Å²) in [6.07, 6.45) is 20.2. The minimum Gasteiger partial charge on any atom is -0.491 e. The minimum absolute atomic E-state index is 0.0836. The lowest BCUT2D eigenvalue weighted by Crippen LogP contribution is -2.12. The van der Waals surface area contributed by atoms with Gasteiger partial charge in [0.25, 0.3) is 0 Å². The highest BCUT2D eigenvalue weighted by atomic mass is 16.5. The van der Waals surface area contributed by atoms with Gasteiger partial charge in [-0.05, 0) is 152 Å². The molecule has 0 aliphatic heterocycles. The molecule has 0 amide bonds. The number of carbonyl (C=O) groups is 4. The number of carbonyl (C=O) groups excluding carboxylic acids is 4. The maximum Gasteiger partial charge on any atom is 0.343 e. The lowest BCUT2D eigenvalue weighted by atomic mass is 10.00. The van der Waals surface area contributed by atoms with E-state index in [-0.39, 0.29) is 40.2 Å². The Bertz CT molecular complexity index is 2510. The van der Waals surface area contributed by atoms with E-state index in [1.54, 1.807) is 48.5 Å². The molecule has 0 heterocycles. The van der Waals surface area contributed by atoms with Crippen molar-refractivity contribution in [2.45, 2.75) is 130 Å². The zero-order chi connectivity index (χ0) is 48.6. The van der Waals surface area contributed by atoms with Crippen molar-refractivity contribution in [3.05, 3.63) is 173 Å². The minimum atomic E-state index is -0.681. The third kappa shape index (κ3) is 17.2. The first-order valence-corrected chi connectivity index (χ1v) is 24.8. The van der Waals surface area contributed by atoms with E-state index in [2.05, 4.69) is 38.1 Å². The predicted molar refractivity (Wildman–Crippen MR) is 272 cm³/mol. The monoisotopic (exact) mass is 930 g/mol. The highest BCUT2D eigenvalue weighted by molar-refractivity contribution is 5.94. The molecule has 360 valence electrons. The summed E-state index contributed by atoms with van der Waals surface area (Å²) in [5.74, 6) is -0.813. The molecular formula is C60H66O9. The fourth-order valence-electron chi connectivity index (χ4n) is 7.88. The highest BCUT2D eigenvalue weighted by Gasteiger charge is 2.16. The first-order valence-electron chi connectivity index (χ1n) is 24.8. The second-order valence-electron chi connectivity index (χ2n) is 17.6. The summed E-state index contributed by atoms with van der Waals surface area (Å²) in [4.78, 5) is 51.9. The highest BCUT2D eigenvalue weighted by Crippen LogP contribution is 2.25. The predicted octanol–water partition coefficient (Wildman–Crippen LogP) is 15.4. The van der Waals surface area contributed by atoms with Gasteiger partial charge in [-0.25, -0.2) is 19.2 Å². The van der Waals surface area contributed by atoms with E-state index in [0.29, 0.717) is 16.9 Å². The summed E-state index contributed by atoms with van der Waals surface area (Å²) < 4.78 is 28.2. The molecule has 69 heavy (non-hydrogen) atoms. The lowest BCUT2D eigenvalue weighted by molar-refractivity contribution is 0.0713. The van der Waals surface area contributed by atoms with Gasteiger partial charge in [0.05, 0.1) is 28.4 Å². The van der Waals surface area contributed by atoms with Crippen LogP contribution in [-0.2, 0) is 6.42 Å². The second kappa shape index (κ2) is 27.7. The smallest absolute Gasteiger partial charge is 0.343 e. The number of hydrogen-bond acceptors (Lipinski definition) is 9. The van der Waals surface area contributed by atoms with Crippen LogP contribution in [0.5, 0.6) is 28.7 Å². The van der Waals surface area contributed by atoms with Gasteiger partial charge in [-0.3, -0.25) is 0 Å². The largest absolute Gasteiger partial charge is 0.491 e. The third-order valence-electron chi connectivity index (χ3n) is 11.9. The number of benzene rings is 6. The zero-order valence-electron chi connectivity index (χ0n) is 40.4. The molecule has 1 atom stereocenters. The standard InChI is InChI=1S/C60H66O9/c1-4-6-8-10-11-12-13-14-15-17-20-45-23-25-46(26-24-45)47-27-29-48(30-28-47)57(61)66-53-37-33-50(34-38-53)59(63)69-56-22-18-21-51(43-56)60(64)68-55-41-39-54(40-42-55)67-58(62)49-31-35-52(36-32-49)65-44(3)19-16-9-7-5-2/h18,21-44H,4-17,19-20H2,1-3H3. The zero-order valence-corrected chi connectivity index (χ0v) is 40.4. The number of unbranched alkanes of at least 4 members (excludes halogenated alkanes) is 12. The first kappa shape index (κ1) is 51.4. The SMILES string of the molecule is CCCCCCCCCCCCc1ccc(-c2ccc(C(=O)Oc3ccc(C(=O)Oc4cccc(C(=O)Oc5ccc(OC(=O)c6ccc(OC(C)CCCCCC)cc6)cc5)c4)cc3)cc2)cc1. The first-order chi connectivity index (χ1) is 33.7. The molecule has 0 saturated carbocycles. The average Bonchev–Trinajstić information content (AvgIpc) is 3.37. The molecule has 9 nitrogen and oxygen atoms in total. The van der Waals surface area contributed by atoms with Crippen LogP contribution >= 0.6 is 0 Å². The maximum atomic E-state index is 13.0. The molecule has 0 aliphatic rings. The third-order valence-corrected chi connectivity index (χ3v) is 11.9. The van der Waals surface area contributed by atoms with Crippen molar-refractivity contribution >= 4 is 23.9 Å². The Hall–Kier alpha value is -7.00. The van der Waals surface area contributed by atoms with E-state index in [1.165, 1.54) is 150 Å². The van der Waals surface area contributed by atoms with Crippen LogP contribution in [0.2, 0.25) is 0 Å². The van der Waals surface area contributed by atoms with E-state index in [9.17, 15) is 19.2 Å². The van der Waals surface area contributed by atoms with Gasteiger partial charge in [0.1, 0.15) is 28.7 Å². The molecule has 0 aliphatic carbocycles. The molecule has 6 aromatic carbocycles. The van der Waals surface area contributed by atoms with E-state index >= 15 is 0 Å². The summed E-state index contributed by atoms with van der Waals surface area (Å²) in [6.45, 7) is 6.50. The van der Waals surface area contributed by atoms with Gasteiger partial charge >= 0.3 is 23.9 Å². The summed E-state index contributed by atoms with van der Waals surface area (Å²) in [5, 5.41) is 0. The summed E-state index contributed by atoms with van der Waals surface area (Å²) in [7, 11) is 0. The Morgan fingerprint density at radius 2 is 0.754 bits per heavy atom. The van der Waals surface area contributed by atoms with Gasteiger partial charge in [0, 0.05) is 0 Å². The molecule has 9 heteroatoms. The summed E-state index contributed by atoms with van der Waals surface area (Å²) >= 11 is 0. The number of ether oxygens (including phenoxy) is 5. The van der Waals surface area contributed by atoms with E-state index in [0.717, 1.165) is 30.4 Å². The number of aryl methyl sites for hydroxylation is 1. The van der Waals surface area contributed by atoms with Crippen molar-refractivity contribution in [3.8, 4) is 39.9 Å². The van der Waals surface area contributed by atoms with E-state index < -0.39 is 23.9 Å². The molecular weight excluding hydrogens is 865 g/mol. The Kier molecular flexibility index (Phi) is 20.6. The van der Waals surface area contributed by atoms with Crippen LogP contribution in [0, 0.1) is 0 Å². The molecule has 6 aromatic rings. The van der Waals surface area contributed by atoms with E-state index in [4.69, 9.17) is 23.7 Å². The topological polar surface area (TPSA) is 114 Å². The van der Waals surface area contributed by atoms with Crippen LogP contribution in [0.4, 0.5) is 0 Å². The van der Waals surface area contributed by atoms with Crippen molar-refractivity contribution in [1.29, 1.82) is 0 Å². The van der Waals surface area contributed by atoms with Crippen molar-refractivity contribution in [2.24, 2.45) is 0 Å². The Morgan fingerprint density at radius 1 is 0.377 bits per heavy atom. The maximum absolute atomic E-state index is 13.0. The van der Waals surface area contributed by atoms with Gasteiger partial charge in [-0.2, -0.15) is 0 Å². The Morgan fingerprint density at radius 3 is 1.25 bits per heavy atom. The molecule has 1 unspecified atom stereocenters.